The maximum Gasteiger partial charge on any atom is 0.270 e. The van der Waals surface area contributed by atoms with Crippen LogP contribution in [0, 0.1) is 0 Å². The Bertz CT molecular complexity index is 351. The second kappa shape index (κ2) is 7.40. The number of carbonyl (C=O) groups excluding carboxylic acids is 1. The summed E-state index contributed by atoms with van der Waals surface area (Å²) in [6.45, 7) is 4.78. The van der Waals surface area contributed by atoms with E-state index in [-0.39, 0.29) is 11.9 Å². The van der Waals surface area contributed by atoms with Gasteiger partial charge in [-0.1, -0.05) is 20.3 Å². The van der Waals surface area contributed by atoms with Crippen LogP contribution in [0.3, 0.4) is 0 Å². The smallest absolute Gasteiger partial charge is 0.270 e. The van der Waals surface area contributed by atoms with E-state index in [9.17, 15) is 4.79 Å². The Hall–Kier alpha value is -0.940. The molecule has 4 nitrogen and oxygen atoms in total. The lowest BCUT2D eigenvalue weighted by atomic mass is 10.1. The van der Waals surface area contributed by atoms with E-state index in [1.807, 2.05) is 0 Å². The maximum atomic E-state index is 11.9. The highest BCUT2D eigenvalue weighted by atomic mass is 32.1. The van der Waals surface area contributed by atoms with E-state index in [4.69, 9.17) is 5.73 Å². The van der Waals surface area contributed by atoms with Crippen LogP contribution >= 0.6 is 11.3 Å². The first-order valence-electron chi connectivity index (χ1n) is 6.16. The fourth-order valence-corrected chi connectivity index (χ4v) is 2.43. The highest BCUT2D eigenvalue weighted by Crippen LogP contribution is 2.11. The van der Waals surface area contributed by atoms with Crippen molar-refractivity contribution in [3.8, 4) is 0 Å². The van der Waals surface area contributed by atoms with E-state index < -0.39 is 0 Å². The Morgan fingerprint density at radius 2 is 2.35 bits per heavy atom. The minimum absolute atomic E-state index is 0.0650. The number of thiazole rings is 1. The number of amides is 1. The number of carbonyl (C=O) groups is 1. The highest BCUT2D eigenvalue weighted by molar-refractivity contribution is 7.09. The number of nitrogens with one attached hydrogen (secondary N) is 1. The zero-order valence-electron chi connectivity index (χ0n) is 10.5. The number of aromatic nitrogens is 1. The van der Waals surface area contributed by atoms with Gasteiger partial charge in [0.2, 0.25) is 0 Å². The van der Waals surface area contributed by atoms with Crippen molar-refractivity contribution in [1.82, 2.24) is 10.3 Å². The van der Waals surface area contributed by atoms with Gasteiger partial charge in [0.25, 0.3) is 5.91 Å². The average Bonchev–Trinajstić information content (AvgIpc) is 2.77. The number of nitrogens with zero attached hydrogens (tertiary/aromatic N) is 1. The van der Waals surface area contributed by atoms with Crippen molar-refractivity contribution in [2.24, 2.45) is 5.73 Å². The first-order valence-corrected chi connectivity index (χ1v) is 7.04. The Labute approximate surface area is 107 Å². The predicted molar refractivity (Wildman–Crippen MR) is 71.3 cm³/mol. The second-order valence-corrected chi connectivity index (χ2v) is 4.98. The summed E-state index contributed by atoms with van der Waals surface area (Å²) in [6.07, 6.45) is 3.79. The first kappa shape index (κ1) is 14.1. The molecule has 1 atom stereocenters. The van der Waals surface area contributed by atoms with Gasteiger partial charge < -0.3 is 11.1 Å². The fourth-order valence-electron chi connectivity index (χ4n) is 1.64. The number of rotatable bonds is 7. The summed E-state index contributed by atoms with van der Waals surface area (Å²) in [5, 5.41) is 5.75. The Balaban J connectivity index is 2.55. The molecule has 0 saturated carbocycles. The van der Waals surface area contributed by atoms with Gasteiger partial charge in [0.1, 0.15) is 5.69 Å². The molecule has 0 aliphatic carbocycles. The summed E-state index contributed by atoms with van der Waals surface area (Å²) in [5.74, 6) is -0.0650. The summed E-state index contributed by atoms with van der Waals surface area (Å²) in [7, 11) is 0. The molecule has 1 unspecified atom stereocenters. The third-order valence-corrected chi connectivity index (χ3v) is 3.52. The van der Waals surface area contributed by atoms with E-state index in [0.717, 1.165) is 30.7 Å². The van der Waals surface area contributed by atoms with E-state index in [2.05, 4.69) is 24.1 Å². The van der Waals surface area contributed by atoms with Crippen molar-refractivity contribution in [1.29, 1.82) is 0 Å². The molecular formula is C12H21N3OS. The van der Waals surface area contributed by atoms with Gasteiger partial charge in [-0.25, -0.2) is 4.98 Å². The van der Waals surface area contributed by atoms with Gasteiger partial charge in [-0.15, -0.1) is 11.3 Å². The largest absolute Gasteiger partial charge is 0.348 e. The maximum absolute atomic E-state index is 11.9. The molecule has 1 rings (SSSR count). The second-order valence-electron chi connectivity index (χ2n) is 4.03. The van der Waals surface area contributed by atoms with Gasteiger partial charge in [0, 0.05) is 17.8 Å². The standard InChI is InChI=1S/C12H21N3OS/c1-3-5-9(4-2)14-12(16)10-8-17-11(15-10)6-7-13/h8-9H,3-7,13H2,1-2H3,(H,14,16). The monoisotopic (exact) mass is 255 g/mol. The van der Waals surface area contributed by atoms with Crippen LogP contribution in [0.2, 0.25) is 0 Å². The zero-order valence-corrected chi connectivity index (χ0v) is 11.3. The summed E-state index contributed by atoms with van der Waals surface area (Å²) in [4.78, 5) is 16.2. The summed E-state index contributed by atoms with van der Waals surface area (Å²) in [6, 6.07) is 0.257. The molecule has 0 radical (unpaired) electrons. The number of hydrogen-bond acceptors (Lipinski definition) is 4. The molecule has 1 amide bonds. The van der Waals surface area contributed by atoms with Crippen LogP contribution in [-0.2, 0) is 6.42 Å². The molecule has 0 aromatic carbocycles. The van der Waals surface area contributed by atoms with Crippen LogP contribution in [0.4, 0.5) is 0 Å². The minimum atomic E-state index is -0.0650. The molecule has 0 aliphatic heterocycles. The van der Waals surface area contributed by atoms with E-state index in [1.165, 1.54) is 11.3 Å². The van der Waals surface area contributed by atoms with Crippen LogP contribution < -0.4 is 11.1 Å². The lowest BCUT2D eigenvalue weighted by Gasteiger charge is -2.14. The molecule has 0 saturated heterocycles. The quantitative estimate of drug-likeness (QED) is 0.782. The van der Waals surface area contributed by atoms with Crippen molar-refractivity contribution >= 4 is 17.2 Å². The Kier molecular flexibility index (Phi) is 6.15. The number of nitrogens with two attached hydrogens (primary N) is 1. The Morgan fingerprint density at radius 1 is 1.59 bits per heavy atom. The molecule has 0 aliphatic rings. The predicted octanol–water partition coefficient (Wildman–Crippen LogP) is 1.95. The van der Waals surface area contributed by atoms with Crippen LogP contribution in [0.15, 0.2) is 5.38 Å². The third kappa shape index (κ3) is 4.44. The van der Waals surface area contributed by atoms with Crippen molar-refractivity contribution in [3.05, 3.63) is 16.1 Å². The summed E-state index contributed by atoms with van der Waals surface area (Å²) >= 11 is 1.50. The topological polar surface area (TPSA) is 68.0 Å². The SMILES string of the molecule is CCCC(CC)NC(=O)c1csc(CCN)n1. The molecule has 96 valence electrons. The Morgan fingerprint density at radius 3 is 2.94 bits per heavy atom. The minimum Gasteiger partial charge on any atom is -0.348 e. The molecule has 17 heavy (non-hydrogen) atoms. The normalized spacial score (nSPS) is 12.4. The summed E-state index contributed by atoms with van der Waals surface area (Å²) < 4.78 is 0. The average molecular weight is 255 g/mol. The molecular weight excluding hydrogens is 234 g/mol. The molecule has 0 fully saturated rings. The molecule has 5 heteroatoms. The van der Waals surface area contributed by atoms with E-state index >= 15 is 0 Å². The highest BCUT2D eigenvalue weighted by Gasteiger charge is 2.14. The van der Waals surface area contributed by atoms with Crippen molar-refractivity contribution in [3.63, 3.8) is 0 Å². The van der Waals surface area contributed by atoms with Crippen LogP contribution in [0.25, 0.3) is 0 Å². The zero-order chi connectivity index (χ0) is 12.7. The first-order chi connectivity index (χ1) is 8.21. The van der Waals surface area contributed by atoms with Crippen LogP contribution in [0.5, 0.6) is 0 Å². The lowest BCUT2D eigenvalue weighted by Crippen LogP contribution is -2.34. The third-order valence-electron chi connectivity index (χ3n) is 2.61. The molecule has 1 heterocycles. The van der Waals surface area contributed by atoms with Crippen LogP contribution in [-0.4, -0.2) is 23.5 Å². The van der Waals surface area contributed by atoms with Gasteiger partial charge in [0.15, 0.2) is 0 Å². The van der Waals surface area contributed by atoms with Gasteiger partial charge in [-0.3, -0.25) is 4.79 Å². The van der Waals surface area contributed by atoms with E-state index in [0.29, 0.717) is 12.2 Å². The molecule has 1 aromatic heterocycles. The van der Waals surface area contributed by atoms with Crippen molar-refractivity contribution in [2.75, 3.05) is 6.54 Å². The van der Waals surface area contributed by atoms with Crippen LogP contribution in [0.1, 0.15) is 48.6 Å². The number of hydrogen-bond donors (Lipinski definition) is 2. The van der Waals surface area contributed by atoms with Crippen molar-refractivity contribution in [2.45, 2.75) is 45.6 Å². The summed E-state index contributed by atoms with van der Waals surface area (Å²) in [5.41, 5.74) is 5.98. The molecule has 0 spiro atoms. The molecule has 1 aromatic rings. The van der Waals surface area contributed by atoms with Gasteiger partial charge in [0.05, 0.1) is 5.01 Å². The fraction of sp³-hybridized carbons (Fsp3) is 0.667. The van der Waals surface area contributed by atoms with Gasteiger partial charge in [-0.2, -0.15) is 0 Å². The van der Waals surface area contributed by atoms with Crippen molar-refractivity contribution < 1.29 is 4.79 Å². The van der Waals surface area contributed by atoms with Gasteiger partial charge in [-0.05, 0) is 19.4 Å². The molecule has 3 N–H and O–H groups in total. The van der Waals surface area contributed by atoms with E-state index in [1.54, 1.807) is 5.38 Å². The van der Waals surface area contributed by atoms with Gasteiger partial charge >= 0.3 is 0 Å². The lowest BCUT2D eigenvalue weighted by molar-refractivity contribution is 0.0929. The molecule has 0 bridgehead atoms.